The number of fused-ring (bicyclic) bond motifs is 1. The van der Waals surface area contributed by atoms with Gasteiger partial charge in [0.1, 0.15) is 11.4 Å². The Kier molecular flexibility index (Phi) is 4.72. The van der Waals surface area contributed by atoms with Crippen LogP contribution in [0.5, 0.6) is 0 Å². The third-order valence-corrected chi connectivity index (χ3v) is 5.10. The molecule has 5 rings (SSSR count). The molecule has 4 aromatic rings. The first-order valence-corrected chi connectivity index (χ1v) is 9.81. The van der Waals surface area contributed by atoms with Gasteiger partial charge < -0.3 is 19.5 Å². The maximum atomic E-state index is 12.8. The Bertz CT molecular complexity index is 1120. The second kappa shape index (κ2) is 7.82. The summed E-state index contributed by atoms with van der Waals surface area (Å²) in [5, 5.41) is 12.6. The Morgan fingerprint density at radius 2 is 1.73 bits per heavy atom. The van der Waals surface area contributed by atoms with Crippen molar-refractivity contribution in [2.45, 2.75) is 0 Å². The number of carbonyl (C=O) groups excluding carboxylic acids is 1. The molecule has 0 unspecified atom stereocenters. The van der Waals surface area contributed by atoms with Crippen LogP contribution >= 0.6 is 0 Å². The van der Waals surface area contributed by atoms with E-state index >= 15 is 0 Å². The Hall–Kier alpha value is -3.94. The number of para-hydroxylation sites is 1. The molecule has 0 atom stereocenters. The number of hydrogen-bond donors (Lipinski definition) is 1. The van der Waals surface area contributed by atoms with Crippen LogP contribution in [0.25, 0.3) is 11.0 Å². The number of anilines is 3. The minimum absolute atomic E-state index is 0.0770. The highest BCUT2D eigenvalue weighted by Gasteiger charge is 2.25. The maximum Gasteiger partial charge on any atom is 0.289 e. The number of aromatic nitrogens is 3. The van der Waals surface area contributed by atoms with Crippen molar-refractivity contribution in [3.05, 3.63) is 72.6 Å². The SMILES string of the molecule is O=C(c1cc2ccccc2o1)N1CCN(c2ccc(Nc3ccccn3)nn2)CC1. The number of amides is 1. The zero-order valence-electron chi connectivity index (χ0n) is 16.2. The van der Waals surface area contributed by atoms with E-state index in [1.807, 2.05) is 65.6 Å². The molecule has 4 heterocycles. The van der Waals surface area contributed by atoms with Gasteiger partial charge in [-0.3, -0.25) is 4.79 Å². The van der Waals surface area contributed by atoms with E-state index in [0.717, 1.165) is 22.6 Å². The van der Waals surface area contributed by atoms with Gasteiger partial charge in [-0.05, 0) is 36.4 Å². The molecule has 1 aromatic carbocycles. The number of furan rings is 1. The molecule has 0 spiro atoms. The molecule has 150 valence electrons. The molecule has 8 heteroatoms. The number of carbonyl (C=O) groups is 1. The fourth-order valence-corrected chi connectivity index (χ4v) is 3.51. The van der Waals surface area contributed by atoms with Gasteiger partial charge in [0, 0.05) is 37.8 Å². The van der Waals surface area contributed by atoms with E-state index in [2.05, 4.69) is 25.4 Å². The van der Waals surface area contributed by atoms with E-state index in [1.54, 1.807) is 6.20 Å². The molecule has 1 N–H and O–H groups in total. The normalized spacial score (nSPS) is 14.1. The first kappa shape index (κ1) is 18.1. The second-order valence-electron chi connectivity index (χ2n) is 7.04. The highest BCUT2D eigenvalue weighted by molar-refractivity contribution is 5.96. The predicted molar refractivity (Wildman–Crippen MR) is 114 cm³/mol. The molecule has 3 aromatic heterocycles. The minimum Gasteiger partial charge on any atom is -0.451 e. The molecule has 1 aliphatic rings. The van der Waals surface area contributed by atoms with Crippen LogP contribution in [0, 0.1) is 0 Å². The molecular weight excluding hydrogens is 380 g/mol. The molecule has 8 nitrogen and oxygen atoms in total. The van der Waals surface area contributed by atoms with E-state index in [-0.39, 0.29) is 5.91 Å². The van der Waals surface area contributed by atoms with Crippen molar-refractivity contribution >= 4 is 34.3 Å². The molecule has 30 heavy (non-hydrogen) atoms. The smallest absolute Gasteiger partial charge is 0.289 e. The van der Waals surface area contributed by atoms with Crippen molar-refractivity contribution < 1.29 is 9.21 Å². The van der Waals surface area contributed by atoms with E-state index in [0.29, 0.717) is 37.8 Å². The number of piperazine rings is 1. The summed E-state index contributed by atoms with van der Waals surface area (Å²) in [6.07, 6.45) is 1.72. The quantitative estimate of drug-likeness (QED) is 0.562. The number of benzene rings is 1. The van der Waals surface area contributed by atoms with Crippen molar-refractivity contribution in [1.29, 1.82) is 0 Å². The van der Waals surface area contributed by atoms with Gasteiger partial charge in [-0.25, -0.2) is 4.98 Å². The lowest BCUT2D eigenvalue weighted by Gasteiger charge is -2.34. The largest absolute Gasteiger partial charge is 0.451 e. The maximum absolute atomic E-state index is 12.8. The predicted octanol–water partition coefficient (Wildman–Crippen LogP) is 3.32. The van der Waals surface area contributed by atoms with Crippen LogP contribution in [-0.4, -0.2) is 52.2 Å². The fourth-order valence-electron chi connectivity index (χ4n) is 3.51. The minimum atomic E-state index is -0.0770. The van der Waals surface area contributed by atoms with Crippen LogP contribution in [0.2, 0.25) is 0 Å². The van der Waals surface area contributed by atoms with Gasteiger partial charge in [0.2, 0.25) is 0 Å². The zero-order valence-corrected chi connectivity index (χ0v) is 16.2. The first-order valence-electron chi connectivity index (χ1n) is 9.81. The number of rotatable bonds is 4. The Balaban J connectivity index is 1.20. The summed E-state index contributed by atoms with van der Waals surface area (Å²) in [5.41, 5.74) is 0.731. The molecule has 0 bridgehead atoms. The van der Waals surface area contributed by atoms with Gasteiger partial charge >= 0.3 is 0 Å². The van der Waals surface area contributed by atoms with E-state index in [4.69, 9.17) is 4.42 Å². The molecule has 1 saturated heterocycles. The molecule has 1 aliphatic heterocycles. The summed E-state index contributed by atoms with van der Waals surface area (Å²) in [7, 11) is 0. The molecule has 0 saturated carbocycles. The van der Waals surface area contributed by atoms with Gasteiger partial charge in [-0.2, -0.15) is 0 Å². The van der Waals surface area contributed by atoms with Crippen molar-refractivity contribution in [2.75, 3.05) is 36.4 Å². The van der Waals surface area contributed by atoms with Gasteiger partial charge in [-0.15, -0.1) is 10.2 Å². The van der Waals surface area contributed by atoms with Gasteiger partial charge in [0.15, 0.2) is 17.4 Å². The number of hydrogen-bond acceptors (Lipinski definition) is 7. The summed E-state index contributed by atoms with van der Waals surface area (Å²) in [5.74, 6) is 2.45. The standard InChI is InChI=1S/C22H20N6O2/c29-22(18-15-16-5-1-2-6-17(16)30-18)28-13-11-27(12-14-28)21-9-8-20(25-26-21)24-19-7-3-4-10-23-19/h1-10,15H,11-14H2,(H,23,24,25). The highest BCUT2D eigenvalue weighted by Crippen LogP contribution is 2.21. The second-order valence-corrected chi connectivity index (χ2v) is 7.04. The molecule has 1 fully saturated rings. The summed E-state index contributed by atoms with van der Waals surface area (Å²) in [6.45, 7) is 2.58. The summed E-state index contributed by atoms with van der Waals surface area (Å²) in [6, 6.07) is 18.9. The Morgan fingerprint density at radius 3 is 2.47 bits per heavy atom. The third kappa shape index (κ3) is 3.67. The van der Waals surface area contributed by atoms with Crippen molar-refractivity contribution in [3.63, 3.8) is 0 Å². The summed E-state index contributed by atoms with van der Waals surface area (Å²) < 4.78 is 5.72. The van der Waals surface area contributed by atoms with Crippen LogP contribution in [0.3, 0.4) is 0 Å². The monoisotopic (exact) mass is 400 g/mol. The van der Waals surface area contributed by atoms with Gasteiger partial charge in [-0.1, -0.05) is 24.3 Å². The van der Waals surface area contributed by atoms with E-state index in [9.17, 15) is 4.79 Å². The van der Waals surface area contributed by atoms with Crippen LogP contribution in [0.1, 0.15) is 10.6 Å². The summed E-state index contributed by atoms with van der Waals surface area (Å²) >= 11 is 0. The van der Waals surface area contributed by atoms with Crippen LogP contribution in [0.15, 0.2) is 71.3 Å². The van der Waals surface area contributed by atoms with Crippen LogP contribution < -0.4 is 10.2 Å². The number of nitrogens with zero attached hydrogens (tertiary/aromatic N) is 5. The van der Waals surface area contributed by atoms with Crippen LogP contribution in [0.4, 0.5) is 17.5 Å². The third-order valence-electron chi connectivity index (χ3n) is 5.10. The average molecular weight is 400 g/mol. The highest BCUT2D eigenvalue weighted by atomic mass is 16.3. The number of nitrogens with one attached hydrogen (secondary N) is 1. The lowest BCUT2D eigenvalue weighted by molar-refractivity contribution is 0.0717. The average Bonchev–Trinajstić information content (AvgIpc) is 3.24. The van der Waals surface area contributed by atoms with Crippen LogP contribution in [-0.2, 0) is 0 Å². The summed E-state index contributed by atoms with van der Waals surface area (Å²) in [4.78, 5) is 21.0. The Labute approximate surface area is 173 Å². The molecule has 0 radical (unpaired) electrons. The first-order chi connectivity index (χ1) is 14.8. The molecule has 1 amide bonds. The molecular formula is C22H20N6O2. The fraction of sp³-hybridized carbons (Fsp3) is 0.182. The lowest BCUT2D eigenvalue weighted by atomic mass is 10.2. The van der Waals surface area contributed by atoms with Gasteiger partial charge in [0.25, 0.3) is 5.91 Å². The molecule has 0 aliphatic carbocycles. The van der Waals surface area contributed by atoms with Crippen molar-refractivity contribution in [2.24, 2.45) is 0 Å². The Morgan fingerprint density at radius 1 is 0.900 bits per heavy atom. The van der Waals surface area contributed by atoms with Gasteiger partial charge in [0.05, 0.1) is 0 Å². The van der Waals surface area contributed by atoms with Crippen molar-refractivity contribution in [1.82, 2.24) is 20.1 Å². The zero-order chi connectivity index (χ0) is 20.3. The van der Waals surface area contributed by atoms with Crippen molar-refractivity contribution in [3.8, 4) is 0 Å². The number of pyridine rings is 1. The van der Waals surface area contributed by atoms with E-state index < -0.39 is 0 Å². The van der Waals surface area contributed by atoms with E-state index in [1.165, 1.54) is 0 Å². The topological polar surface area (TPSA) is 87.4 Å². The lowest BCUT2D eigenvalue weighted by Crippen LogP contribution is -2.49.